The summed E-state index contributed by atoms with van der Waals surface area (Å²) in [6, 6.07) is 17.9. The van der Waals surface area contributed by atoms with Gasteiger partial charge in [0, 0.05) is 37.8 Å². The number of nitrogens with zero attached hydrogens (tertiary/aromatic N) is 3. The molecule has 0 atom stereocenters. The van der Waals surface area contributed by atoms with Crippen molar-refractivity contribution >= 4 is 22.7 Å². The van der Waals surface area contributed by atoms with Crippen molar-refractivity contribution in [1.29, 1.82) is 0 Å². The summed E-state index contributed by atoms with van der Waals surface area (Å²) in [6.45, 7) is 4.24. The Balaban J connectivity index is 1.72. The van der Waals surface area contributed by atoms with Crippen LogP contribution in [0, 0.1) is 0 Å². The van der Waals surface area contributed by atoms with Gasteiger partial charge in [0.05, 0.1) is 16.7 Å². The molecule has 28 heavy (non-hydrogen) atoms. The lowest BCUT2D eigenvalue weighted by Gasteiger charge is -2.28. The molecule has 5 nitrogen and oxygen atoms in total. The Labute approximate surface area is 163 Å². The fourth-order valence-electron chi connectivity index (χ4n) is 3.66. The Morgan fingerprint density at radius 1 is 1.14 bits per heavy atom. The Morgan fingerprint density at radius 2 is 1.89 bits per heavy atom. The molecule has 0 bridgehead atoms. The highest BCUT2D eigenvalue weighted by Crippen LogP contribution is 2.24. The van der Waals surface area contributed by atoms with E-state index in [2.05, 4.69) is 40.2 Å². The normalized spacial score (nSPS) is 15.6. The van der Waals surface area contributed by atoms with Gasteiger partial charge in [0.2, 0.25) is 0 Å². The predicted octanol–water partition coefficient (Wildman–Crippen LogP) is 4.06. The number of hydrogen-bond acceptors (Lipinski definition) is 4. The largest absolute Gasteiger partial charge is 0.512 e. The number of benzene rings is 2. The molecule has 3 aromatic rings. The number of para-hydroxylation sites is 1. The van der Waals surface area contributed by atoms with Crippen LogP contribution in [-0.4, -0.2) is 32.6 Å². The van der Waals surface area contributed by atoms with Crippen LogP contribution in [0.4, 0.5) is 0 Å². The first-order chi connectivity index (χ1) is 13.6. The zero-order chi connectivity index (χ0) is 19.5. The van der Waals surface area contributed by atoms with E-state index < -0.39 is 0 Å². The van der Waals surface area contributed by atoms with Crippen LogP contribution in [-0.2, 0) is 6.54 Å². The summed E-state index contributed by atoms with van der Waals surface area (Å²) >= 11 is 0. The van der Waals surface area contributed by atoms with E-state index in [0.717, 1.165) is 37.3 Å². The molecule has 5 heteroatoms. The summed E-state index contributed by atoms with van der Waals surface area (Å²) in [5, 5.41) is 10.4. The lowest BCUT2D eigenvalue weighted by Crippen LogP contribution is -2.30. The van der Waals surface area contributed by atoms with Crippen LogP contribution in [0.2, 0.25) is 0 Å². The molecule has 0 aliphatic carbocycles. The maximum absolute atomic E-state index is 12.4. The highest BCUT2D eigenvalue weighted by Gasteiger charge is 2.17. The molecule has 142 valence electrons. The molecule has 4 rings (SSSR count). The van der Waals surface area contributed by atoms with E-state index in [0.29, 0.717) is 11.2 Å². The van der Waals surface area contributed by atoms with Gasteiger partial charge >= 0.3 is 0 Å². The molecule has 1 aliphatic rings. The van der Waals surface area contributed by atoms with Crippen molar-refractivity contribution in [3.8, 4) is 0 Å². The molecule has 1 aliphatic heterocycles. The monoisotopic (exact) mass is 373 g/mol. The number of aromatic nitrogens is 2. The van der Waals surface area contributed by atoms with Crippen LogP contribution in [0.1, 0.15) is 24.7 Å². The van der Waals surface area contributed by atoms with Crippen molar-refractivity contribution in [1.82, 2.24) is 14.5 Å². The van der Waals surface area contributed by atoms with E-state index in [1.807, 2.05) is 28.8 Å². The highest BCUT2D eigenvalue weighted by molar-refractivity contribution is 5.82. The van der Waals surface area contributed by atoms with Gasteiger partial charge in [0.15, 0.2) is 0 Å². The second-order valence-electron chi connectivity index (χ2n) is 7.08. The van der Waals surface area contributed by atoms with Crippen LogP contribution < -0.4 is 5.56 Å². The van der Waals surface area contributed by atoms with Crippen molar-refractivity contribution in [3.63, 3.8) is 0 Å². The molecule has 0 saturated carbocycles. The van der Waals surface area contributed by atoms with Gasteiger partial charge in [0.25, 0.3) is 5.56 Å². The topological polar surface area (TPSA) is 58.4 Å². The molecule has 0 amide bonds. The Hall–Kier alpha value is -3.18. The van der Waals surface area contributed by atoms with E-state index in [1.165, 1.54) is 5.56 Å². The molecule has 2 aromatic carbocycles. The molecular formula is C23H23N3O2. The highest BCUT2D eigenvalue weighted by atomic mass is 16.3. The minimum Gasteiger partial charge on any atom is -0.512 e. The smallest absolute Gasteiger partial charge is 0.281 e. The number of hydrogen-bond donors (Lipinski definition) is 1. The first kappa shape index (κ1) is 18.2. The van der Waals surface area contributed by atoms with Gasteiger partial charge in [-0.3, -0.25) is 14.3 Å². The van der Waals surface area contributed by atoms with Crippen LogP contribution in [0.25, 0.3) is 22.7 Å². The van der Waals surface area contributed by atoms with E-state index in [9.17, 15) is 9.90 Å². The van der Waals surface area contributed by atoms with Gasteiger partial charge < -0.3 is 5.11 Å². The van der Waals surface area contributed by atoms with Crippen LogP contribution in [0.5, 0.6) is 0 Å². The molecule has 0 radical (unpaired) electrons. The first-order valence-electron chi connectivity index (χ1n) is 9.46. The lowest BCUT2D eigenvalue weighted by molar-refractivity contribution is 0.291. The third-order valence-electron chi connectivity index (χ3n) is 4.96. The van der Waals surface area contributed by atoms with Gasteiger partial charge in [-0.2, -0.15) is 4.98 Å². The maximum Gasteiger partial charge on any atom is 0.281 e. The van der Waals surface area contributed by atoms with E-state index in [4.69, 9.17) is 0 Å². The van der Waals surface area contributed by atoms with E-state index in [1.54, 1.807) is 19.1 Å². The summed E-state index contributed by atoms with van der Waals surface area (Å²) in [5.41, 5.74) is 2.94. The number of aliphatic hydroxyl groups excluding tert-OH is 1. The zero-order valence-corrected chi connectivity index (χ0v) is 15.9. The van der Waals surface area contributed by atoms with Crippen molar-refractivity contribution in [2.24, 2.45) is 0 Å². The van der Waals surface area contributed by atoms with Gasteiger partial charge in [-0.25, -0.2) is 0 Å². The lowest BCUT2D eigenvalue weighted by atomic mass is 10.1. The van der Waals surface area contributed by atoms with Crippen LogP contribution in [0.15, 0.2) is 71.2 Å². The SMILES string of the molecule is C/C(O)=C/c1nc(=O)c2ccccc2n1C1=CCN(Cc2ccccc2)CC1. The van der Waals surface area contributed by atoms with Gasteiger partial charge in [-0.15, -0.1) is 0 Å². The third kappa shape index (κ3) is 3.75. The first-order valence-corrected chi connectivity index (χ1v) is 9.46. The zero-order valence-electron chi connectivity index (χ0n) is 15.9. The van der Waals surface area contributed by atoms with Crippen molar-refractivity contribution in [3.05, 3.63) is 88.2 Å². The van der Waals surface area contributed by atoms with Crippen molar-refractivity contribution in [2.45, 2.75) is 19.9 Å². The average Bonchev–Trinajstić information content (AvgIpc) is 2.70. The predicted molar refractivity (Wildman–Crippen MR) is 113 cm³/mol. The Bertz CT molecular complexity index is 1110. The average molecular weight is 373 g/mol. The fraction of sp³-hybridized carbons (Fsp3) is 0.217. The molecule has 1 N–H and O–H groups in total. The van der Waals surface area contributed by atoms with Gasteiger partial charge in [-0.1, -0.05) is 48.5 Å². The number of aliphatic hydroxyl groups is 1. The minimum atomic E-state index is -0.276. The third-order valence-corrected chi connectivity index (χ3v) is 4.96. The summed E-state index contributed by atoms with van der Waals surface area (Å²) in [7, 11) is 0. The number of allylic oxidation sites excluding steroid dienone is 1. The second-order valence-corrected chi connectivity index (χ2v) is 7.08. The summed E-state index contributed by atoms with van der Waals surface area (Å²) in [5.74, 6) is 0.588. The molecule has 0 fully saturated rings. The quantitative estimate of drug-likeness (QED) is 0.701. The van der Waals surface area contributed by atoms with Crippen molar-refractivity contribution < 1.29 is 5.11 Å². The maximum atomic E-state index is 12.4. The van der Waals surface area contributed by atoms with Gasteiger partial charge in [0.1, 0.15) is 5.82 Å². The summed E-state index contributed by atoms with van der Waals surface area (Å²) in [6.07, 6.45) is 4.58. The van der Waals surface area contributed by atoms with Crippen molar-refractivity contribution in [2.75, 3.05) is 13.1 Å². The Kier molecular flexibility index (Phi) is 5.08. The minimum absolute atomic E-state index is 0.123. The summed E-state index contributed by atoms with van der Waals surface area (Å²) in [4.78, 5) is 19.0. The molecule has 0 unspecified atom stereocenters. The van der Waals surface area contributed by atoms with E-state index in [-0.39, 0.29) is 11.3 Å². The number of rotatable bonds is 4. The molecule has 0 saturated heterocycles. The molecule has 2 heterocycles. The summed E-state index contributed by atoms with van der Waals surface area (Å²) < 4.78 is 2.00. The van der Waals surface area contributed by atoms with Gasteiger partial charge in [-0.05, 0) is 24.6 Å². The van der Waals surface area contributed by atoms with Crippen LogP contribution in [0.3, 0.4) is 0 Å². The van der Waals surface area contributed by atoms with Crippen LogP contribution >= 0.6 is 0 Å². The second kappa shape index (κ2) is 7.82. The number of fused-ring (bicyclic) bond motifs is 1. The standard InChI is InChI=1S/C23H23N3O2/c1-17(27)15-22-24-23(28)20-9-5-6-10-21(20)26(22)19-11-13-25(14-12-19)16-18-7-3-2-4-8-18/h2-11,15,27H,12-14,16H2,1H3/b17-15-. The molecule has 1 aromatic heterocycles. The molecular weight excluding hydrogens is 350 g/mol. The fourth-order valence-corrected chi connectivity index (χ4v) is 3.66. The molecule has 0 spiro atoms. The van der Waals surface area contributed by atoms with E-state index >= 15 is 0 Å². The Morgan fingerprint density at radius 3 is 2.61 bits per heavy atom.